The van der Waals surface area contributed by atoms with Gasteiger partial charge in [-0.1, -0.05) is 18.2 Å². The minimum Gasteiger partial charge on any atom is -0.481 e. The van der Waals surface area contributed by atoms with Gasteiger partial charge >= 0.3 is 5.97 Å². The molecule has 0 spiro atoms. The number of carbonyl (C=O) groups excluding carboxylic acids is 1. The average molecular weight is 452 g/mol. The van der Waals surface area contributed by atoms with Crippen molar-refractivity contribution in [3.05, 3.63) is 101 Å². The lowest BCUT2D eigenvalue weighted by atomic mass is 9.90. The highest BCUT2D eigenvalue weighted by Crippen LogP contribution is 2.30. The highest BCUT2D eigenvalue weighted by molar-refractivity contribution is 6.02. The summed E-state index contributed by atoms with van der Waals surface area (Å²) in [5.41, 5.74) is 1.10. The number of nitrogens with one attached hydrogen (secondary N) is 1. The fourth-order valence-corrected chi connectivity index (χ4v) is 3.33. The number of aromatic nitrogens is 1. The van der Waals surface area contributed by atoms with Crippen molar-refractivity contribution in [2.45, 2.75) is 5.92 Å². The molecule has 0 aliphatic heterocycles. The third-order valence-corrected chi connectivity index (χ3v) is 4.88. The first-order valence-electron chi connectivity index (χ1n) is 9.61. The molecule has 0 aliphatic rings. The van der Waals surface area contributed by atoms with Gasteiger partial charge in [0.2, 0.25) is 5.91 Å². The Labute approximate surface area is 185 Å². The molecule has 4 rings (SSSR count). The Hall–Kier alpha value is -4.40. The van der Waals surface area contributed by atoms with Gasteiger partial charge in [0.1, 0.15) is 28.9 Å². The van der Waals surface area contributed by atoms with Crippen LogP contribution in [0.1, 0.15) is 22.6 Å². The second-order valence-electron chi connectivity index (χ2n) is 7.08. The van der Waals surface area contributed by atoms with Crippen molar-refractivity contribution in [1.82, 2.24) is 4.98 Å². The minimum atomic E-state index is -1.29. The number of halogens is 3. The first-order valence-corrected chi connectivity index (χ1v) is 9.61. The van der Waals surface area contributed by atoms with E-state index >= 15 is 0 Å². The molecule has 3 aromatic carbocycles. The number of hydrogen-bond donors (Lipinski definition) is 2. The van der Waals surface area contributed by atoms with Gasteiger partial charge in [0.15, 0.2) is 12.0 Å². The molecule has 166 valence electrons. The van der Waals surface area contributed by atoms with E-state index in [1.807, 2.05) is 0 Å². The average Bonchev–Trinajstić information content (AvgIpc) is 3.24. The fraction of sp³-hybridized carbons (Fsp3) is 0.0417. The Kier molecular flexibility index (Phi) is 5.95. The first kappa shape index (κ1) is 21.8. The van der Waals surface area contributed by atoms with E-state index in [1.54, 1.807) is 6.07 Å². The van der Waals surface area contributed by atoms with Gasteiger partial charge in [-0.25, -0.2) is 18.2 Å². The molecule has 0 bridgehead atoms. The summed E-state index contributed by atoms with van der Waals surface area (Å²) in [6, 6.07) is 11.0. The van der Waals surface area contributed by atoms with E-state index in [4.69, 9.17) is 4.42 Å². The summed E-state index contributed by atoms with van der Waals surface area (Å²) in [7, 11) is 0. The van der Waals surface area contributed by atoms with E-state index in [0.29, 0.717) is 16.7 Å². The van der Waals surface area contributed by atoms with Crippen LogP contribution < -0.4 is 5.32 Å². The number of amides is 1. The second kappa shape index (κ2) is 8.99. The van der Waals surface area contributed by atoms with Crippen molar-refractivity contribution in [2.75, 3.05) is 5.32 Å². The first-order chi connectivity index (χ1) is 15.8. The van der Waals surface area contributed by atoms with Gasteiger partial charge in [-0.2, -0.15) is 0 Å². The third-order valence-electron chi connectivity index (χ3n) is 4.88. The molecule has 0 fully saturated rings. The number of carbonyl (C=O) groups is 2. The number of nitrogens with zero attached hydrogens (tertiary/aromatic N) is 1. The lowest BCUT2D eigenvalue weighted by Gasteiger charge is -2.14. The molecule has 1 amide bonds. The smallest absolute Gasteiger partial charge is 0.315 e. The van der Waals surface area contributed by atoms with E-state index in [-0.39, 0.29) is 16.8 Å². The molecule has 4 aromatic rings. The van der Waals surface area contributed by atoms with E-state index in [1.165, 1.54) is 36.7 Å². The molecule has 0 radical (unpaired) electrons. The minimum absolute atomic E-state index is 0.0752. The Bertz CT molecular complexity index is 1400. The normalized spacial score (nSPS) is 12.2. The van der Waals surface area contributed by atoms with Crippen molar-refractivity contribution >= 4 is 34.7 Å². The summed E-state index contributed by atoms with van der Waals surface area (Å²) in [6.45, 7) is 0. The van der Waals surface area contributed by atoms with Gasteiger partial charge < -0.3 is 14.8 Å². The van der Waals surface area contributed by atoms with Gasteiger partial charge in [0.05, 0.1) is 5.69 Å². The van der Waals surface area contributed by atoms with Crippen molar-refractivity contribution < 1.29 is 32.3 Å². The maximum atomic E-state index is 14.8. The number of oxazole rings is 1. The maximum Gasteiger partial charge on any atom is 0.315 e. The zero-order valence-electron chi connectivity index (χ0n) is 16.8. The molecule has 9 heteroatoms. The zero-order chi connectivity index (χ0) is 23.5. The molecule has 0 saturated carbocycles. The summed E-state index contributed by atoms with van der Waals surface area (Å²) in [6.07, 6.45) is 3.51. The Morgan fingerprint density at radius 3 is 2.58 bits per heavy atom. The summed E-state index contributed by atoms with van der Waals surface area (Å²) < 4.78 is 46.8. The zero-order valence-corrected chi connectivity index (χ0v) is 16.8. The number of hydrogen-bond acceptors (Lipinski definition) is 4. The summed E-state index contributed by atoms with van der Waals surface area (Å²) in [5.74, 6) is -5.62. The number of carboxylic acids is 1. The lowest BCUT2D eigenvalue weighted by Crippen LogP contribution is -2.15. The molecule has 6 nitrogen and oxygen atoms in total. The fourth-order valence-electron chi connectivity index (χ4n) is 3.33. The van der Waals surface area contributed by atoms with Gasteiger partial charge in [-0.3, -0.25) is 9.59 Å². The number of fused-ring (bicyclic) bond motifs is 1. The van der Waals surface area contributed by atoms with Crippen molar-refractivity contribution in [2.24, 2.45) is 0 Å². The molecule has 2 N–H and O–H groups in total. The van der Waals surface area contributed by atoms with E-state index in [2.05, 4.69) is 10.3 Å². The molecule has 1 heterocycles. The molecule has 0 saturated heterocycles. The van der Waals surface area contributed by atoms with Crippen LogP contribution in [0.4, 0.5) is 18.9 Å². The van der Waals surface area contributed by atoms with Crippen molar-refractivity contribution in [1.29, 1.82) is 0 Å². The number of aliphatic carboxylic acids is 1. The molecule has 1 atom stereocenters. The van der Waals surface area contributed by atoms with Crippen LogP contribution in [0.15, 0.2) is 71.5 Å². The molecule has 33 heavy (non-hydrogen) atoms. The Morgan fingerprint density at radius 2 is 1.82 bits per heavy atom. The molecule has 0 aliphatic carbocycles. The van der Waals surface area contributed by atoms with Crippen LogP contribution in [-0.4, -0.2) is 22.0 Å². The third kappa shape index (κ3) is 4.77. The topological polar surface area (TPSA) is 92.4 Å². The van der Waals surface area contributed by atoms with Crippen LogP contribution in [0, 0.1) is 17.5 Å². The molecular formula is C24H15F3N2O4. The predicted molar refractivity (Wildman–Crippen MR) is 114 cm³/mol. The number of benzene rings is 3. The van der Waals surface area contributed by atoms with Crippen molar-refractivity contribution in [3.8, 4) is 0 Å². The Balaban J connectivity index is 1.55. The molecule has 1 unspecified atom stereocenters. The summed E-state index contributed by atoms with van der Waals surface area (Å²) >= 11 is 0. The van der Waals surface area contributed by atoms with Crippen LogP contribution in [0.2, 0.25) is 0 Å². The van der Waals surface area contributed by atoms with Gasteiger partial charge in [-0.15, -0.1) is 0 Å². The SMILES string of the molecule is O=C(C=Cc1ccc(C(C(=O)O)c2ccc3ocnc3c2)c(F)c1)Nc1cc(F)ccc1F. The van der Waals surface area contributed by atoms with Crippen molar-refractivity contribution in [3.63, 3.8) is 0 Å². The van der Waals surface area contributed by atoms with E-state index in [9.17, 15) is 27.9 Å². The predicted octanol–water partition coefficient (Wildman–Crippen LogP) is 5.11. The van der Waals surface area contributed by atoms with Crippen LogP contribution in [0.25, 0.3) is 17.2 Å². The molecule has 1 aromatic heterocycles. The van der Waals surface area contributed by atoms with E-state index < -0.39 is 35.2 Å². The second-order valence-corrected chi connectivity index (χ2v) is 7.08. The largest absolute Gasteiger partial charge is 0.481 e. The van der Waals surface area contributed by atoms with Gasteiger partial charge in [0.25, 0.3) is 0 Å². The van der Waals surface area contributed by atoms with Crippen LogP contribution in [0.3, 0.4) is 0 Å². The quantitative estimate of drug-likeness (QED) is 0.397. The standard InChI is InChI=1S/C24H15F3N2O4/c25-15-4-6-17(26)19(11-15)29-22(30)8-2-13-1-5-16(18(27)9-13)23(24(31)32)14-3-7-21-20(10-14)28-12-33-21/h1-12,23H,(H,29,30)(H,31,32). The monoisotopic (exact) mass is 452 g/mol. The van der Waals surface area contributed by atoms with Crippen LogP contribution in [-0.2, 0) is 9.59 Å². The maximum absolute atomic E-state index is 14.8. The highest BCUT2D eigenvalue weighted by Gasteiger charge is 2.26. The van der Waals surface area contributed by atoms with Gasteiger partial charge in [0, 0.05) is 17.7 Å². The summed E-state index contributed by atoms with van der Waals surface area (Å²) in [4.78, 5) is 27.9. The summed E-state index contributed by atoms with van der Waals surface area (Å²) in [5, 5.41) is 11.9. The lowest BCUT2D eigenvalue weighted by molar-refractivity contribution is -0.137. The number of anilines is 1. The number of carboxylic acid groups (broad SMARTS) is 1. The highest BCUT2D eigenvalue weighted by atomic mass is 19.1. The Morgan fingerprint density at radius 1 is 1.00 bits per heavy atom. The molecular weight excluding hydrogens is 437 g/mol. The van der Waals surface area contributed by atoms with Gasteiger partial charge in [-0.05, 0) is 47.5 Å². The van der Waals surface area contributed by atoms with Crippen LogP contribution >= 0.6 is 0 Å². The van der Waals surface area contributed by atoms with Crippen LogP contribution in [0.5, 0.6) is 0 Å². The van der Waals surface area contributed by atoms with E-state index in [0.717, 1.165) is 30.3 Å². The number of rotatable bonds is 6.